The second kappa shape index (κ2) is 5.36. The molecule has 0 spiro atoms. The highest BCUT2D eigenvalue weighted by molar-refractivity contribution is 7.71. The smallest absolute Gasteiger partial charge is 0.195 e. The summed E-state index contributed by atoms with van der Waals surface area (Å²) >= 11 is 8.69. The molecule has 19 heavy (non-hydrogen) atoms. The Morgan fingerprint density at radius 1 is 1.47 bits per heavy atom. The van der Waals surface area contributed by atoms with Crippen LogP contribution in [-0.2, 0) is 13.0 Å². The van der Waals surface area contributed by atoms with Crippen LogP contribution in [0.15, 0.2) is 23.7 Å². The number of hydrogen-bond donors (Lipinski definition) is 1. The topological polar surface area (TPSA) is 46.5 Å². The van der Waals surface area contributed by atoms with Gasteiger partial charge < -0.3 is 0 Å². The molecule has 0 amide bonds. The molecule has 3 aromatic rings. The Morgan fingerprint density at radius 3 is 3.05 bits per heavy atom. The predicted octanol–water partition coefficient (Wildman–Crippen LogP) is 3.74. The highest BCUT2D eigenvalue weighted by atomic mass is 32.1. The lowest BCUT2D eigenvalue weighted by molar-refractivity contribution is 0.785. The standard InChI is InChI=1S/C12H12N4S3/c1-2-8-6-13-10(19-8)7-16-11(14-15-12(16)17)9-4-3-5-18-9/h3-6H,2,7H2,1H3,(H,15,17). The molecule has 0 saturated carbocycles. The van der Waals surface area contributed by atoms with Gasteiger partial charge in [0, 0.05) is 11.1 Å². The van der Waals surface area contributed by atoms with Crippen LogP contribution in [-0.4, -0.2) is 19.7 Å². The van der Waals surface area contributed by atoms with Gasteiger partial charge in [-0.15, -0.1) is 22.7 Å². The van der Waals surface area contributed by atoms with Crippen LogP contribution in [0.25, 0.3) is 10.7 Å². The monoisotopic (exact) mass is 308 g/mol. The molecule has 1 N–H and O–H groups in total. The molecule has 4 nitrogen and oxygen atoms in total. The number of nitrogens with one attached hydrogen (secondary N) is 1. The Labute approximate surface area is 123 Å². The van der Waals surface area contributed by atoms with Gasteiger partial charge in [-0.05, 0) is 30.1 Å². The number of thiophene rings is 1. The molecular weight excluding hydrogens is 296 g/mol. The summed E-state index contributed by atoms with van der Waals surface area (Å²) in [4.78, 5) is 6.84. The Bertz CT molecular complexity index is 720. The number of rotatable bonds is 4. The normalized spacial score (nSPS) is 11.0. The summed E-state index contributed by atoms with van der Waals surface area (Å²) in [7, 11) is 0. The van der Waals surface area contributed by atoms with Crippen LogP contribution < -0.4 is 0 Å². The lowest BCUT2D eigenvalue weighted by Crippen LogP contribution is -2.01. The summed E-state index contributed by atoms with van der Waals surface area (Å²) in [5, 5.41) is 10.3. The molecule has 7 heteroatoms. The molecule has 0 fully saturated rings. The third-order valence-electron chi connectivity index (χ3n) is 2.74. The molecule has 0 bridgehead atoms. The fourth-order valence-electron chi connectivity index (χ4n) is 1.78. The number of aryl methyl sites for hydroxylation is 1. The Balaban J connectivity index is 1.96. The van der Waals surface area contributed by atoms with Gasteiger partial charge in [0.25, 0.3) is 0 Å². The summed E-state index contributed by atoms with van der Waals surface area (Å²) in [6.45, 7) is 2.81. The first-order valence-electron chi connectivity index (χ1n) is 5.90. The molecule has 3 aromatic heterocycles. The summed E-state index contributed by atoms with van der Waals surface area (Å²) in [5.41, 5.74) is 0. The van der Waals surface area contributed by atoms with Crippen LogP contribution in [0.5, 0.6) is 0 Å². The Morgan fingerprint density at radius 2 is 2.37 bits per heavy atom. The van der Waals surface area contributed by atoms with Crippen LogP contribution >= 0.6 is 34.9 Å². The number of H-pyrrole nitrogens is 1. The third-order valence-corrected chi connectivity index (χ3v) is 5.05. The minimum Gasteiger partial charge on any atom is -0.293 e. The Hall–Kier alpha value is -1.31. The maximum atomic E-state index is 5.31. The van der Waals surface area contributed by atoms with E-state index >= 15 is 0 Å². The zero-order valence-corrected chi connectivity index (χ0v) is 12.7. The second-order valence-electron chi connectivity index (χ2n) is 3.99. The number of nitrogens with zero attached hydrogens (tertiary/aromatic N) is 3. The van der Waals surface area contributed by atoms with Crippen molar-refractivity contribution in [1.82, 2.24) is 19.7 Å². The van der Waals surface area contributed by atoms with E-state index in [-0.39, 0.29) is 0 Å². The van der Waals surface area contributed by atoms with Gasteiger partial charge in [-0.2, -0.15) is 5.10 Å². The van der Waals surface area contributed by atoms with Crippen LogP contribution in [0, 0.1) is 4.77 Å². The SMILES string of the molecule is CCc1cnc(Cn2c(-c3cccs3)n[nH]c2=S)s1. The molecule has 0 radical (unpaired) electrons. The van der Waals surface area contributed by atoms with Gasteiger partial charge in [-0.3, -0.25) is 9.67 Å². The number of hydrogen-bond acceptors (Lipinski definition) is 5. The van der Waals surface area contributed by atoms with Gasteiger partial charge in [-0.1, -0.05) is 13.0 Å². The van der Waals surface area contributed by atoms with Gasteiger partial charge in [-0.25, -0.2) is 4.98 Å². The zero-order chi connectivity index (χ0) is 13.2. The van der Waals surface area contributed by atoms with Crippen molar-refractivity contribution in [3.8, 4) is 10.7 Å². The van der Waals surface area contributed by atoms with E-state index < -0.39 is 0 Å². The summed E-state index contributed by atoms with van der Waals surface area (Å²) in [6, 6.07) is 4.06. The highest BCUT2D eigenvalue weighted by Gasteiger charge is 2.11. The molecule has 0 atom stereocenters. The number of aromatic nitrogens is 4. The first-order valence-corrected chi connectivity index (χ1v) is 8.01. The highest BCUT2D eigenvalue weighted by Crippen LogP contribution is 2.24. The van der Waals surface area contributed by atoms with Gasteiger partial charge in [0.05, 0.1) is 11.4 Å². The van der Waals surface area contributed by atoms with E-state index in [4.69, 9.17) is 12.2 Å². The molecule has 98 valence electrons. The minimum atomic E-state index is 0.636. The van der Waals surface area contributed by atoms with E-state index in [9.17, 15) is 0 Å². The molecule has 0 aromatic carbocycles. The van der Waals surface area contributed by atoms with Crippen molar-refractivity contribution in [2.45, 2.75) is 19.9 Å². The quantitative estimate of drug-likeness (QED) is 0.747. The second-order valence-corrected chi connectivity index (χ2v) is 6.52. The Kier molecular flexibility index (Phi) is 3.58. The number of thiazole rings is 1. The van der Waals surface area contributed by atoms with Gasteiger partial charge >= 0.3 is 0 Å². The van der Waals surface area contributed by atoms with Gasteiger partial charge in [0.15, 0.2) is 10.6 Å². The predicted molar refractivity (Wildman–Crippen MR) is 81.3 cm³/mol. The van der Waals surface area contributed by atoms with Crippen LogP contribution in [0.4, 0.5) is 0 Å². The summed E-state index contributed by atoms with van der Waals surface area (Å²) in [6.07, 6.45) is 2.96. The molecule has 0 aliphatic heterocycles. The minimum absolute atomic E-state index is 0.636. The van der Waals surface area contributed by atoms with Crippen molar-refractivity contribution in [2.75, 3.05) is 0 Å². The first-order chi connectivity index (χ1) is 9.28. The van der Waals surface area contributed by atoms with Crippen molar-refractivity contribution >= 4 is 34.9 Å². The summed E-state index contributed by atoms with van der Waals surface area (Å²) in [5.74, 6) is 0.883. The van der Waals surface area contributed by atoms with Crippen molar-refractivity contribution in [3.05, 3.63) is 38.4 Å². The van der Waals surface area contributed by atoms with E-state index in [1.54, 1.807) is 22.7 Å². The van der Waals surface area contributed by atoms with Crippen LogP contribution in [0.3, 0.4) is 0 Å². The first kappa shape index (κ1) is 12.7. The van der Waals surface area contributed by atoms with E-state index in [1.165, 1.54) is 4.88 Å². The molecule has 3 rings (SSSR count). The fourth-order valence-corrected chi connectivity index (χ4v) is 3.55. The summed E-state index contributed by atoms with van der Waals surface area (Å²) < 4.78 is 2.64. The van der Waals surface area contributed by atoms with Crippen LogP contribution in [0.1, 0.15) is 16.8 Å². The van der Waals surface area contributed by atoms with E-state index in [2.05, 4.69) is 22.1 Å². The molecule has 0 aliphatic carbocycles. The third kappa shape index (κ3) is 2.54. The fraction of sp³-hybridized carbons (Fsp3) is 0.250. The molecular formula is C12H12N4S3. The van der Waals surface area contributed by atoms with Crippen LogP contribution in [0.2, 0.25) is 0 Å². The average Bonchev–Trinajstić information content (AvgIpc) is 3.12. The van der Waals surface area contributed by atoms with Gasteiger partial charge in [0.2, 0.25) is 0 Å². The van der Waals surface area contributed by atoms with Crippen molar-refractivity contribution in [3.63, 3.8) is 0 Å². The van der Waals surface area contributed by atoms with E-state index in [0.29, 0.717) is 11.3 Å². The van der Waals surface area contributed by atoms with Crippen molar-refractivity contribution < 1.29 is 0 Å². The van der Waals surface area contributed by atoms with E-state index in [0.717, 1.165) is 22.1 Å². The molecule has 3 heterocycles. The largest absolute Gasteiger partial charge is 0.293 e. The lowest BCUT2D eigenvalue weighted by atomic mass is 10.4. The number of aromatic amines is 1. The molecule has 0 unspecified atom stereocenters. The lowest BCUT2D eigenvalue weighted by Gasteiger charge is -2.02. The van der Waals surface area contributed by atoms with Crippen molar-refractivity contribution in [1.29, 1.82) is 0 Å². The molecule has 0 aliphatic rings. The maximum Gasteiger partial charge on any atom is 0.195 e. The van der Waals surface area contributed by atoms with E-state index in [1.807, 2.05) is 28.3 Å². The average molecular weight is 308 g/mol. The molecule has 0 saturated heterocycles. The zero-order valence-electron chi connectivity index (χ0n) is 10.3. The maximum absolute atomic E-state index is 5.31. The van der Waals surface area contributed by atoms with Gasteiger partial charge in [0.1, 0.15) is 5.01 Å². The van der Waals surface area contributed by atoms with Crippen molar-refractivity contribution in [2.24, 2.45) is 0 Å².